The molecule has 1 saturated heterocycles. The van der Waals surface area contributed by atoms with Crippen molar-refractivity contribution in [3.8, 4) is 0 Å². The van der Waals surface area contributed by atoms with Crippen LogP contribution in [0.25, 0.3) is 10.8 Å². The van der Waals surface area contributed by atoms with Crippen molar-refractivity contribution in [2.45, 2.75) is 32.0 Å². The summed E-state index contributed by atoms with van der Waals surface area (Å²) in [6.07, 6.45) is 0.990. The summed E-state index contributed by atoms with van der Waals surface area (Å²) in [6, 6.07) is 21.3. The van der Waals surface area contributed by atoms with Gasteiger partial charge >= 0.3 is 0 Å². The van der Waals surface area contributed by atoms with Crippen LogP contribution in [0.3, 0.4) is 0 Å². The summed E-state index contributed by atoms with van der Waals surface area (Å²) >= 11 is 0. The van der Waals surface area contributed by atoms with Gasteiger partial charge in [-0.1, -0.05) is 30.3 Å². The van der Waals surface area contributed by atoms with E-state index < -0.39 is 0 Å². The van der Waals surface area contributed by atoms with Crippen LogP contribution in [-0.2, 0) is 19.7 Å². The molecule has 7 heteroatoms. The Hall–Kier alpha value is -3.84. The van der Waals surface area contributed by atoms with Crippen LogP contribution >= 0.6 is 0 Å². The first kappa shape index (κ1) is 21.7. The van der Waals surface area contributed by atoms with Crippen LogP contribution in [0, 0.1) is 5.92 Å². The van der Waals surface area contributed by atoms with Gasteiger partial charge in [0.2, 0.25) is 0 Å². The Morgan fingerprint density at radius 3 is 2.63 bits per heavy atom. The highest BCUT2D eigenvalue weighted by Gasteiger charge is 2.37. The number of fused-ring (bicyclic) bond motifs is 5. The summed E-state index contributed by atoms with van der Waals surface area (Å²) in [7, 11) is 0. The summed E-state index contributed by atoms with van der Waals surface area (Å²) in [5, 5.41) is 14.5. The third-order valence-corrected chi connectivity index (χ3v) is 7.21. The number of hydrogen-bond donors (Lipinski definition) is 2. The minimum absolute atomic E-state index is 0.0413. The molecule has 0 aliphatic carbocycles. The molecule has 2 aliphatic rings. The van der Waals surface area contributed by atoms with Crippen molar-refractivity contribution in [3.63, 3.8) is 0 Å². The van der Waals surface area contributed by atoms with Crippen molar-refractivity contribution >= 4 is 22.4 Å². The maximum atomic E-state index is 13.4. The fourth-order valence-corrected chi connectivity index (χ4v) is 5.54. The molecule has 0 saturated carbocycles. The summed E-state index contributed by atoms with van der Waals surface area (Å²) in [5.41, 5.74) is 2.19. The van der Waals surface area contributed by atoms with Crippen molar-refractivity contribution < 1.29 is 14.3 Å². The zero-order valence-corrected chi connectivity index (χ0v) is 19.3. The number of carbonyl (C=O) groups excluding carboxylic acids is 1. The molecule has 4 heterocycles. The van der Waals surface area contributed by atoms with Gasteiger partial charge in [0, 0.05) is 36.8 Å². The first-order valence-electron chi connectivity index (χ1n) is 12.0. The van der Waals surface area contributed by atoms with Gasteiger partial charge in [-0.3, -0.25) is 9.59 Å². The number of nitrogens with one attached hydrogen (secondary N) is 1. The van der Waals surface area contributed by atoms with Gasteiger partial charge in [-0.2, -0.15) is 0 Å². The van der Waals surface area contributed by atoms with Gasteiger partial charge in [0.25, 0.3) is 11.5 Å². The number of nitrogens with zero attached hydrogens (tertiary/aromatic N) is 2. The monoisotopic (exact) mass is 469 g/mol. The lowest BCUT2D eigenvalue weighted by atomic mass is 9.83. The summed E-state index contributed by atoms with van der Waals surface area (Å²) in [5.74, 6) is 1.61. The van der Waals surface area contributed by atoms with Crippen molar-refractivity contribution in [3.05, 3.63) is 99.9 Å². The Balaban J connectivity index is 1.21. The second kappa shape index (κ2) is 8.74. The molecule has 2 bridgehead atoms. The largest absolute Gasteiger partial charge is 0.462 e. The predicted octanol–water partition coefficient (Wildman–Crippen LogP) is 3.96. The van der Waals surface area contributed by atoms with Crippen molar-refractivity contribution in [2.24, 2.45) is 5.92 Å². The molecule has 2 atom stereocenters. The Labute approximate surface area is 202 Å². The van der Waals surface area contributed by atoms with E-state index in [4.69, 9.17) is 9.52 Å². The molecule has 2 aliphatic heterocycles. The fraction of sp³-hybridized carbons (Fsp3) is 0.286. The number of anilines is 1. The number of piperidine rings is 1. The predicted molar refractivity (Wildman–Crippen MR) is 133 cm³/mol. The maximum absolute atomic E-state index is 13.4. The number of furan rings is 1. The van der Waals surface area contributed by atoms with Crippen molar-refractivity contribution in [1.29, 1.82) is 0 Å². The molecule has 2 aromatic carbocycles. The average molecular weight is 470 g/mol. The van der Waals surface area contributed by atoms with E-state index in [1.54, 1.807) is 12.1 Å². The van der Waals surface area contributed by atoms with Crippen LogP contribution < -0.4 is 10.9 Å². The number of aromatic nitrogens is 1. The first-order valence-corrected chi connectivity index (χ1v) is 12.0. The van der Waals surface area contributed by atoms with Crippen LogP contribution in [-0.4, -0.2) is 33.6 Å². The number of hydrogen-bond acceptors (Lipinski definition) is 5. The molecule has 1 amide bonds. The first-order chi connectivity index (χ1) is 17.1. The summed E-state index contributed by atoms with van der Waals surface area (Å²) < 4.78 is 7.38. The molecule has 178 valence electrons. The number of benzene rings is 2. The average Bonchev–Trinajstić information content (AvgIpc) is 3.36. The molecule has 0 spiro atoms. The second-order valence-electron chi connectivity index (χ2n) is 9.54. The van der Waals surface area contributed by atoms with Crippen LogP contribution in [0.5, 0.6) is 0 Å². The van der Waals surface area contributed by atoms with E-state index in [0.29, 0.717) is 49.0 Å². The molecule has 7 nitrogen and oxygen atoms in total. The van der Waals surface area contributed by atoms with Gasteiger partial charge < -0.3 is 24.3 Å². The van der Waals surface area contributed by atoms with Gasteiger partial charge in [0.15, 0.2) is 0 Å². The third kappa shape index (κ3) is 4.02. The minimum Gasteiger partial charge on any atom is -0.462 e. The third-order valence-electron chi connectivity index (χ3n) is 7.21. The Bertz CT molecular complexity index is 1470. The zero-order valence-electron chi connectivity index (χ0n) is 19.3. The normalized spacial score (nSPS) is 18.9. The Kier molecular flexibility index (Phi) is 5.41. The number of likely N-dealkylation sites (tertiary alicyclic amines) is 1. The number of aliphatic hydroxyl groups is 1. The number of pyridine rings is 1. The van der Waals surface area contributed by atoms with E-state index >= 15 is 0 Å². The Morgan fingerprint density at radius 2 is 1.80 bits per heavy atom. The van der Waals surface area contributed by atoms with Gasteiger partial charge in [-0.15, -0.1) is 0 Å². The summed E-state index contributed by atoms with van der Waals surface area (Å²) in [6.45, 7) is 2.10. The minimum atomic E-state index is -0.148. The molecule has 1 fully saturated rings. The van der Waals surface area contributed by atoms with Gasteiger partial charge in [0.05, 0.1) is 6.54 Å². The number of aliphatic hydroxyl groups excluding tert-OH is 1. The lowest BCUT2D eigenvalue weighted by Gasteiger charge is -2.43. The van der Waals surface area contributed by atoms with Gasteiger partial charge in [0.1, 0.15) is 23.8 Å². The number of rotatable bonds is 5. The zero-order chi connectivity index (χ0) is 23.9. The molecule has 0 radical (unpaired) electrons. The van der Waals surface area contributed by atoms with Crippen LogP contribution in [0.15, 0.2) is 75.9 Å². The van der Waals surface area contributed by atoms with E-state index in [1.165, 1.54) is 0 Å². The molecular weight excluding hydrogens is 442 g/mol. The quantitative estimate of drug-likeness (QED) is 0.462. The highest BCUT2D eigenvalue weighted by atomic mass is 16.4. The van der Waals surface area contributed by atoms with E-state index in [2.05, 4.69) is 5.32 Å². The van der Waals surface area contributed by atoms with Crippen LogP contribution in [0.4, 0.5) is 5.69 Å². The molecule has 2 aromatic heterocycles. The standard InChI is InChI=1S/C28H27N3O4/c32-17-24-8-7-23(35-24)13-29-25-9-10-26-22-11-18(15-31(26)28(25)34)14-30(16-22)27(33)21-6-5-19-3-1-2-4-20(19)12-21/h1-10,12,18,22,29,32H,11,13-17H2. The SMILES string of the molecule is O=C(c1ccc2ccccc2c1)N1CC2CC(C1)c1ccc(NCc3ccc(CO)o3)c(=O)n1C2. The lowest BCUT2D eigenvalue weighted by molar-refractivity contribution is 0.0595. The van der Waals surface area contributed by atoms with Crippen molar-refractivity contribution in [2.75, 3.05) is 18.4 Å². The molecule has 4 aromatic rings. The van der Waals surface area contributed by atoms with Gasteiger partial charge in [-0.05, 0) is 59.5 Å². The van der Waals surface area contributed by atoms with E-state index in [0.717, 1.165) is 22.9 Å². The molecule has 2 unspecified atom stereocenters. The Morgan fingerprint density at radius 1 is 0.971 bits per heavy atom. The molecule has 35 heavy (non-hydrogen) atoms. The molecule has 6 rings (SSSR count). The fourth-order valence-electron chi connectivity index (χ4n) is 5.54. The smallest absolute Gasteiger partial charge is 0.274 e. The highest BCUT2D eigenvalue weighted by Crippen LogP contribution is 2.36. The molecular formula is C28H27N3O4. The van der Waals surface area contributed by atoms with E-state index in [-0.39, 0.29) is 29.9 Å². The topological polar surface area (TPSA) is 87.7 Å². The van der Waals surface area contributed by atoms with E-state index in [1.807, 2.05) is 64.1 Å². The van der Waals surface area contributed by atoms with Crippen LogP contribution in [0.2, 0.25) is 0 Å². The van der Waals surface area contributed by atoms with E-state index in [9.17, 15) is 9.59 Å². The number of amides is 1. The van der Waals surface area contributed by atoms with Crippen molar-refractivity contribution in [1.82, 2.24) is 9.47 Å². The van der Waals surface area contributed by atoms with Crippen LogP contribution in [0.1, 0.15) is 39.9 Å². The number of carbonyl (C=O) groups is 1. The van der Waals surface area contributed by atoms with Gasteiger partial charge in [-0.25, -0.2) is 0 Å². The molecule has 2 N–H and O–H groups in total. The lowest BCUT2D eigenvalue weighted by Crippen LogP contribution is -2.49. The summed E-state index contributed by atoms with van der Waals surface area (Å²) in [4.78, 5) is 28.6. The second-order valence-corrected chi connectivity index (χ2v) is 9.54. The maximum Gasteiger partial charge on any atom is 0.274 e. The highest BCUT2D eigenvalue weighted by molar-refractivity contribution is 5.98.